The molecule has 2 amide bonds. The zero-order chi connectivity index (χ0) is 15.4. The number of carbonyl (C=O) groups is 3. The minimum atomic E-state index is -5.11. The highest BCUT2D eigenvalue weighted by Crippen LogP contribution is 2.15. The Morgan fingerprint density at radius 1 is 1.05 bits per heavy atom. The third kappa shape index (κ3) is 5.58. The molecule has 0 radical (unpaired) electrons. The molecule has 0 aliphatic rings. The molecule has 0 heterocycles. The number of hydrogen-bond acceptors (Lipinski definition) is 3. The molecule has 0 aromatic heterocycles. The van der Waals surface area contributed by atoms with E-state index in [1.165, 1.54) is 19.2 Å². The van der Waals surface area contributed by atoms with Gasteiger partial charge >= 0.3 is 18.1 Å². The van der Waals surface area contributed by atoms with Gasteiger partial charge in [0, 0.05) is 0 Å². The molecule has 0 bridgehead atoms. The molecule has 0 aliphatic heterocycles. The normalized spacial score (nSPS) is 14.7. The van der Waals surface area contributed by atoms with E-state index in [0.717, 1.165) is 6.92 Å². The second kappa shape index (κ2) is 6.39. The first-order valence-electron chi connectivity index (χ1n) is 5.37. The number of carboxylic acids is 1. The van der Waals surface area contributed by atoms with Crippen molar-refractivity contribution in [2.75, 3.05) is 0 Å². The van der Waals surface area contributed by atoms with Gasteiger partial charge in [0.15, 0.2) is 0 Å². The fourth-order valence-corrected chi connectivity index (χ4v) is 1.12. The van der Waals surface area contributed by atoms with Crippen molar-refractivity contribution in [3.63, 3.8) is 0 Å². The molecule has 110 valence electrons. The maximum absolute atomic E-state index is 12.1. The molecular weight excluding hydrogens is 269 g/mol. The van der Waals surface area contributed by atoms with Crippen LogP contribution >= 0.6 is 0 Å². The zero-order valence-corrected chi connectivity index (χ0v) is 10.5. The Bertz CT molecular complexity index is 368. The second-order valence-corrected chi connectivity index (χ2v) is 4.26. The number of carboxylic acid groups (broad SMARTS) is 1. The first-order valence-corrected chi connectivity index (χ1v) is 5.37. The van der Waals surface area contributed by atoms with Gasteiger partial charge < -0.3 is 15.7 Å². The Balaban J connectivity index is 4.79. The van der Waals surface area contributed by atoms with Crippen molar-refractivity contribution in [1.29, 1.82) is 0 Å². The van der Waals surface area contributed by atoms with E-state index >= 15 is 0 Å². The minimum Gasteiger partial charge on any atom is -0.480 e. The highest BCUT2D eigenvalue weighted by molar-refractivity contribution is 5.91. The van der Waals surface area contributed by atoms with E-state index in [4.69, 9.17) is 5.11 Å². The maximum atomic E-state index is 12.1. The average molecular weight is 284 g/mol. The Kier molecular flexibility index (Phi) is 5.79. The monoisotopic (exact) mass is 284 g/mol. The number of carbonyl (C=O) groups excluding carboxylic acids is 2. The summed E-state index contributed by atoms with van der Waals surface area (Å²) in [6, 6.07) is -2.73. The molecule has 0 spiro atoms. The third-order valence-corrected chi connectivity index (χ3v) is 2.22. The van der Waals surface area contributed by atoms with Gasteiger partial charge in [-0.1, -0.05) is 13.8 Å². The van der Waals surface area contributed by atoms with Gasteiger partial charge in [-0.2, -0.15) is 13.2 Å². The van der Waals surface area contributed by atoms with Crippen molar-refractivity contribution >= 4 is 17.8 Å². The number of aliphatic carboxylic acids is 1. The lowest BCUT2D eigenvalue weighted by atomic mass is 10.0. The van der Waals surface area contributed by atoms with E-state index in [1.54, 1.807) is 0 Å². The summed E-state index contributed by atoms with van der Waals surface area (Å²) in [5.74, 6) is -5.20. The number of nitrogens with one attached hydrogen (secondary N) is 2. The van der Waals surface area contributed by atoms with Crippen molar-refractivity contribution in [2.45, 2.75) is 39.0 Å². The highest BCUT2D eigenvalue weighted by atomic mass is 19.4. The number of alkyl halides is 3. The van der Waals surface area contributed by atoms with E-state index in [0.29, 0.717) is 0 Å². The fourth-order valence-electron chi connectivity index (χ4n) is 1.12. The van der Waals surface area contributed by atoms with Crippen LogP contribution in [0.4, 0.5) is 13.2 Å². The quantitative estimate of drug-likeness (QED) is 0.675. The maximum Gasteiger partial charge on any atom is 0.471 e. The van der Waals surface area contributed by atoms with E-state index in [2.05, 4.69) is 0 Å². The molecule has 0 unspecified atom stereocenters. The first kappa shape index (κ1) is 17.2. The lowest BCUT2D eigenvalue weighted by Crippen LogP contribution is -2.55. The van der Waals surface area contributed by atoms with Gasteiger partial charge in [-0.25, -0.2) is 0 Å². The van der Waals surface area contributed by atoms with Crippen LogP contribution in [0.25, 0.3) is 0 Å². The van der Waals surface area contributed by atoms with Crippen LogP contribution in [0.15, 0.2) is 0 Å². The summed E-state index contributed by atoms with van der Waals surface area (Å²) in [5.41, 5.74) is 0. The van der Waals surface area contributed by atoms with Crippen molar-refractivity contribution < 1.29 is 32.7 Å². The third-order valence-electron chi connectivity index (χ3n) is 2.22. The second-order valence-electron chi connectivity index (χ2n) is 4.26. The Morgan fingerprint density at radius 2 is 1.53 bits per heavy atom. The standard InChI is InChI=1S/C10H15F3N2O4/c1-4(2)6(15-9(19)10(11,12)13)7(16)14-5(3)8(17)18/h4-6H,1-3H3,(H,14,16)(H,15,19)(H,17,18)/t5-,6+/m1/s1. The van der Waals surface area contributed by atoms with E-state index in [9.17, 15) is 27.6 Å². The van der Waals surface area contributed by atoms with Crippen molar-refractivity contribution in [3.05, 3.63) is 0 Å². The molecule has 0 saturated heterocycles. The largest absolute Gasteiger partial charge is 0.480 e. The van der Waals surface area contributed by atoms with Gasteiger partial charge in [0.1, 0.15) is 12.1 Å². The molecule has 0 aromatic rings. The van der Waals surface area contributed by atoms with Gasteiger partial charge in [-0.05, 0) is 12.8 Å². The highest BCUT2D eigenvalue weighted by Gasteiger charge is 2.41. The van der Waals surface area contributed by atoms with Gasteiger partial charge in [0.2, 0.25) is 5.91 Å². The summed E-state index contributed by atoms with van der Waals surface area (Å²) in [5, 5.41) is 12.1. The van der Waals surface area contributed by atoms with Crippen LogP contribution in [0.5, 0.6) is 0 Å². The topological polar surface area (TPSA) is 95.5 Å². The molecule has 3 N–H and O–H groups in total. The predicted molar refractivity (Wildman–Crippen MR) is 58.1 cm³/mol. The summed E-state index contributed by atoms with van der Waals surface area (Å²) in [7, 11) is 0. The first-order chi connectivity index (χ1) is 8.46. The summed E-state index contributed by atoms with van der Waals surface area (Å²) < 4.78 is 36.3. The molecule has 19 heavy (non-hydrogen) atoms. The molecule has 0 aliphatic carbocycles. The SMILES string of the molecule is CC(C)[C@H](NC(=O)C(F)(F)F)C(=O)N[C@H](C)C(=O)O. The van der Waals surface area contributed by atoms with Crippen LogP contribution in [-0.4, -0.2) is 41.2 Å². The van der Waals surface area contributed by atoms with E-state index in [1.807, 2.05) is 5.32 Å². The van der Waals surface area contributed by atoms with Crippen molar-refractivity contribution in [2.24, 2.45) is 5.92 Å². The molecule has 6 nitrogen and oxygen atoms in total. The molecule has 0 aromatic carbocycles. The van der Waals surface area contributed by atoms with Gasteiger partial charge in [-0.15, -0.1) is 0 Å². The summed E-state index contributed by atoms with van der Waals surface area (Å²) in [6.45, 7) is 4.00. The Hall–Kier alpha value is -1.80. The van der Waals surface area contributed by atoms with Crippen molar-refractivity contribution in [3.8, 4) is 0 Å². The molecule has 0 saturated carbocycles. The van der Waals surface area contributed by atoms with E-state index < -0.39 is 42.0 Å². The molecule has 0 fully saturated rings. The van der Waals surface area contributed by atoms with Crippen LogP contribution in [0.1, 0.15) is 20.8 Å². The number of hydrogen-bond donors (Lipinski definition) is 3. The Labute approximate surface area is 107 Å². The molecule has 0 rings (SSSR count). The van der Waals surface area contributed by atoms with Crippen LogP contribution in [0.3, 0.4) is 0 Å². The van der Waals surface area contributed by atoms with Crippen LogP contribution in [-0.2, 0) is 14.4 Å². The molecule has 2 atom stereocenters. The number of amides is 2. The number of halogens is 3. The van der Waals surface area contributed by atoms with E-state index in [-0.39, 0.29) is 0 Å². The fraction of sp³-hybridized carbons (Fsp3) is 0.700. The lowest BCUT2D eigenvalue weighted by molar-refractivity contribution is -0.175. The van der Waals surface area contributed by atoms with Gasteiger partial charge in [-0.3, -0.25) is 14.4 Å². The average Bonchev–Trinajstić information content (AvgIpc) is 2.22. The smallest absolute Gasteiger partial charge is 0.471 e. The van der Waals surface area contributed by atoms with Crippen LogP contribution < -0.4 is 10.6 Å². The lowest BCUT2D eigenvalue weighted by Gasteiger charge is -2.23. The minimum absolute atomic E-state index is 0.632. The number of rotatable bonds is 5. The predicted octanol–water partition coefficient (Wildman–Crippen LogP) is 0.279. The summed E-state index contributed by atoms with van der Waals surface area (Å²) in [6.07, 6.45) is -5.11. The summed E-state index contributed by atoms with van der Waals surface area (Å²) >= 11 is 0. The van der Waals surface area contributed by atoms with Gasteiger partial charge in [0.05, 0.1) is 0 Å². The van der Waals surface area contributed by atoms with Crippen molar-refractivity contribution in [1.82, 2.24) is 10.6 Å². The van der Waals surface area contributed by atoms with Crippen LogP contribution in [0.2, 0.25) is 0 Å². The summed E-state index contributed by atoms with van der Waals surface area (Å²) in [4.78, 5) is 32.9. The molecular formula is C10H15F3N2O4. The van der Waals surface area contributed by atoms with Gasteiger partial charge in [0.25, 0.3) is 0 Å². The van der Waals surface area contributed by atoms with Crippen LogP contribution in [0, 0.1) is 5.92 Å². The zero-order valence-electron chi connectivity index (χ0n) is 10.5. The molecule has 9 heteroatoms. The Morgan fingerprint density at radius 3 is 1.84 bits per heavy atom.